The van der Waals surface area contributed by atoms with E-state index in [1.165, 1.54) is 16.7 Å². The molecule has 188 valence electrons. The smallest absolute Gasteiger partial charge is 0.326 e. The molecule has 0 aromatic heterocycles. The summed E-state index contributed by atoms with van der Waals surface area (Å²) in [5, 5.41) is 10.0. The molecular weight excluding hydrogens is 448 g/mol. The molecule has 0 aliphatic carbocycles. The van der Waals surface area contributed by atoms with Gasteiger partial charge in [-0.2, -0.15) is 0 Å². The number of aliphatic carboxylic acids is 1. The Bertz CT molecular complexity index is 1140. The van der Waals surface area contributed by atoms with Crippen LogP contribution < -0.4 is 0 Å². The molecule has 5 heteroatoms. The van der Waals surface area contributed by atoms with Crippen molar-refractivity contribution in [2.24, 2.45) is 0 Å². The molecule has 0 bridgehead atoms. The normalized spacial score (nSPS) is 17.6. The summed E-state index contributed by atoms with van der Waals surface area (Å²) in [7, 11) is 2.05. The molecule has 1 N–H and O–H groups in total. The average Bonchev–Trinajstić information content (AvgIpc) is 3.34. The Labute approximate surface area is 214 Å². The van der Waals surface area contributed by atoms with Crippen molar-refractivity contribution in [2.45, 2.75) is 51.1 Å². The Morgan fingerprint density at radius 3 is 2.11 bits per heavy atom. The number of carbonyl (C=O) groups is 2. The lowest BCUT2D eigenvalue weighted by Gasteiger charge is -2.28. The second kappa shape index (κ2) is 11.5. The second-order valence-electron chi connectivity index (χ2n) is 9.99. The third kappa shape index (κ3) is 5.85. The fourth-order valence-electron chi connectivity index (χ4n) is 5.22. The molecular formula is C31H36N2O3. The summed E-state index contributed by atoms with van der Waals surface area (Å²) in [6, 6.07) is 25.1. The third-order valence-electron chi connectivity index (χ3n) is 7.53. The highest BCUT2D eigenvalue weighted by Gasteiger charge is 2.43. The van der Waals surface area contributed by atoms with Gasteiger partial charge in [0.1, 0.15) is 6.04 Å². The van der Waals surface area contributed by atoms with Gasteiger partial charge in [0.15, 0.2) is 0 Å². The van der Waals surface area contributed by atoms with Crippen LogP contribution in [0.25, 0.3) is 0 Å². The van der Waals surface area contributed by atoms with Crippen LogP contribution in [-0.2, 0) is 16.0 Å². The fraction of sp³-hybridized carbons (Fsp3) is 0.355. The van der Waals surface area contributed by atoms with Crippen molar-refractivity contribution in [2.75, 3.05) is 20.1 Å². The quantitative estimate of drug-likeness (QED) is 0.462. The summed E-state index contributed by atoms with van der Waals surface area (Å²) < 4.78 is 0. The molecule has 1 heterocycles. The Kier molecular flexibility index (Phi) is 8.21. The maximum absolute atomic E-state index is 13.9. The molecule has 0 unspecified atom stereocenters. The molecule has 3 aromatic carbocycles. The number of aryl methyl sites for hydroxylation is 3. The summed E-state index contributed by atoms with van der Waals surface area (Å²) in [5.74, 6) is -1.61. The van der Waals surface area contributed by atoms with Gasteiger partial charge in [-0.15, -0.1) is 0 Å². The Hall–Kier alpha value is -3.44. The van der Waals surface area contributed by atoms with Crippen molar-refractivity contribution >= 4 is 11.9 Å². The van der Waals surface area contributed by atoms with E-state index in [1.54, 1.807) is 4.90 Å². The van der Waals surface area contributed by atoms with Crippen LogP contribution in [0.1, 0.15) is 46.6 Å². The van der Waals surface area contributed by atoms with Crippen LogP contribution in [0, 0.1) is 13.8 Å². The number of amides is 1. The summed E-state index contributed by atoms with van der Waals surface area (Å²) >= 11 is 0. The Morgan fingerprint density at radius 1 is 0.944 bits per heavy atom. The number of rotatable bonds is 9. The first-order valence-corrected chi connectivity index (χ1v) is 12.7. The molecule has 36 heavy (non-hydrogen) atoms. The van der Waals surface area contributed by atoms with Gasteiger partial charge >= 0.3 is 5.97 Å². The fourth-order valence-corrected chi connectivity index (χ4v) is 5.22. The number of nitrogens with zero attached hydrogens (tertiary/aromatic N) is 2. The lowest BCUT2D eigenvalue weighted by molar-refractivity contribution is -0.148. The van der Waals surface area contributed by atoms with E-state index in [9.17, 15) is 14.7 Å². The van der Waals surface area contributed by atoms with E-state index in [-0.39, 0.29) is 11.9 Å². The first kappa shape index (κ1) is 25.6. The van der Waals surface area contributed by atoms with Crippen LogP contribution >= 0.6 is 0 Å². The van der Waals surface area contributed by atoms with E-state index < -0.39 is 17.9 Å². The number of carboxylic acid groups (broad SMARTS) is 1. The van der Waals surface area contributed by atoms with Gasteiger partial charge in [-0.05, 0) is 74.5 Å². The molecule has 0 spiro atoms. The Morgan fingerprint density at radius 2 is 1.56 bits per heavy atom. The maximum atomic E-state index is 13.9. The van der Waals surface area contributed by atoms with Gasteiger partial charge in [0.05, 0.1) is 5.92 Å². The largest absolute Gasteiger partial charge is 0.480 e. The van der Waals surface area contributed by atoms with E-state index in [0.717, 1.165) is 30.5 Å². The molecule has 1 fully saturated rings. The van der Waals surface area contributed by atoms with Crippen molar-refractivity contribution in [1.82, 2.24) is 9.80 Å². The summed E-state index contributed by atoms with van der Waals surface area (Å²) in [6.07, 6.45) is 2.41. The van der Waals surface area contributed by atoms with E-state index in [1.807, 2.05) is 67.7 Å². The number of benzene rings is 3. The summed E-state index contributed by atoms with van der Waals surface area (Å²) in [6.45, 7) is 5.54. The van der Waals surface area contributed by atoms with Gasteiger partial charge in [-0.25, -0.2) is 4.79 Å². The predicted octanol–water partition coefficient (Wildman–Crippen LogP) is 5.05. The van der Waals surface area contributed by atoms with Crippen LogP contribution in [0.2, 0.25) is 0 Å². The van der Waals surface area contributed by atoms with Crippen LogP contribution in [0.5, 0.6) is 0 Å². The van der Waals surface area contributed by atoms with Crippen molar-refractivity contribution in [3.05, 3.63) is 107 Å². The minimum Gasteiger partial charge on any atom is -0.480 e. The maximum Gasteiger partial charge on any atom is 0.326 e. The molecule has 3 aromatic rings. The topological polar surface area (TPSA) is 60.9 Å². The number of likely N-dealkylation sites (tertiary alicyclic amines) is 1. The zero-order valence-electron chi connectivity index (χ0n) is 21.4. The van der Waals surface area contributed by atoms with Crippen LogP contribution in [0.3, 0.4) is 0 Å². The number of likely N-dealkylation sites (N-methyl/N-ethyl adjacent to an activating group) is 1. The highest BCUT2D eigenvalue weighted by atomic mass is 16.4. The SMILES string of the molecule is Cc1ccc(CCCN(C)[C@H]2C[C@@H](C(=O)O)N(C(=O)C(c3ccccc3)c3ccccc3)C2)cc1C. The van der Waals surface area contributed by atoms with Crippen LogP contribution in [-0.4, -0.2) is 59.0 Å². The van der Waals surface area contributed by atoms with Crippen LogP contribution in [0.15, 0.2) is 78.9 Å². The average molecular weight is 485 g/mol. The number of carbonyl (C=O) groups excluding carboxylic acids is 1. The molecule has 0 radical (unpaired) electrons. The molecule has 1 amide bonds. The monoisotopic (exact) mass is 484 g/mol. The van der Waals surface area contributed by atoms with Gasteiger partial charge in [0.2, 0.25) is 5.91 Å². The molecule has 2 atom stereocenters. The van der Waals surface area contributed by atoms with Crippen molar-refractivity contribution < 1.29 is 14.7 Å². The van der Waals surface area contributed by atoms with Gasteiger partial charge < -0.3 is 14.9 Å². The van der Waals surface area contributed by atoms with Crippen LogP contribution in [0.4, 0.5) is 0 Å². The highest BCUT2D eigenvalue weighted by Crippen LogP contribution is 2.31. The molecule has 5 nitrogen and oxygen atoms in total. The minimum atomic E-state index is -0.936. The molecule has 1 aliphatic rings. The summed E-state index contributed by atoms with van der Waals surface area (Å²) in [4.78, 5) is 30.0. The van der Waals surface area contributed by atoms with Crippen molar-refractivity contribution in [1.29, 1.82) is 0 Å². The van der Waals surface area contributed by atoms with Crippen molar-refractivity contribution in [3.63, 3.8) is 0 Å². The van der Waals surface area contributed by atoms with Gasteiger partial charge in [0.25, 0.3) is 0 Å². The molecule has 1 saturated heterocycles. The van der Waals surface area contributed by atoms with Gasteiger partial charge in [-0.1, -0.05) is 78.9 Å². The lowest BCUT2D eigenvalue weighted by atomic mass is 9.90. The van der Waals surface area contributed by atoms with E-state index in [0.29, 0.717) is 13.0 Å². The lowest BCUT2D eigenvalue weighted by Crippen LogP contribution is -2.43. The molecule has 0 saturated carbocycles. The van der Waals surface area contributed by atoms with Gasteiger partial charge in [0, 0.05) is 12.6 Å². The molecule has 1 aliphatic heterocycles. The first-order valence-electron chi connectivity index (χ1n) is 12.7. The standard InChI is InChI=1S/C31H36N2O3/c1-22-16-17-24(19-23(22)2)11-10-18-32(3)27-20-28(31(35)36)33(21-27)30(34)29(25-12-6-4-7-13-25)26-14-8-5-9-15-26/h4-9,12-17,19,27-29H,10-11,18,20-21H2,1-3H3,(H,35,36)/t27-,28-/m0/s1. The first-order chi connectivity index (χ1) is 17.3. The van der Waals surface area contributed by atoms with Gasteiger partial charge in [-0.3, -0.25) is 4.79 Å². The Balaban J connectivity index is 1.47. The zero-order valence-corrected chi connectivity index (χ0v) is 21.4. The van der Waals surface area contributed by atoms with E-state index >= 15 is 0 Å². The number of hydrogen-bond acceptors (Lipinski definition) is 3. The number of carboxylic acids is 1. The zero-order chi connectivity index (χ0) is 25.7. The van der Waals surface area contributed by atoms with E-state index in [4.69, 9.17) is 0 Å². The minimum absolute atomic E-state index is 0.0157. The highest BCUT2D eigenvalue weighted by molar-refractivity contribution is 5.91. The number of hydrogen-bond donors (Lipinski definition) is 1. The van der Waals surface area contributed by atoms with E-state index in [2.05, 4.69) is 36.9 Å². The molecule has 4 rings (SSSR count). The second-order valence-corrected chi connectivity index (χ2v) is 9.99. The third-order valence-corrected chi connectivity index (χ3v) is 7.53. The summed E-state index contributed by atoms with van der Waals surface area (Å²) in [5.41, 5.74) is 5.69. The van der Waals surface area contributed by atoms with Crippen molar-refractivity contribution in [3.8, 4) is 0 Å². The predicted molar refractivity (Wildman–Crippen MR) is 143 cm³/mol.